The Morgan fingerprint density at radius 2 is 2.11 bits per heavy atom. The highest BCUT2D eigenvalue weighted by molar-refractivity contribution is 9.10. The van der Waals surface area contributed by atoms with Crippen LogP contribution in [0.3, 0.4) is 0 Å². The molecule has 18 heavy (non-hydrogen) atoms. The van der Waals surface area contributed by atoms with Crippen LogP contribution in [0, 0.1) is 10.1 Å². The van der Waals surface area contributed by atoms with Gasteiger partial charge >= 0.3 is 0 Å². The fourth-order valence-electron chi connectivity index (χ4n) is 2.50. The van der Waals surface area contributed by atoms with Gasteiger partial charge in [-0.05, 0) is 31.9 Å². The van der Waals surface area contributed by atoms with Crippen molar-refractivity contribution in [2.75, 3.05) is 0 Å². The Morgan fingerprint density at radius 3 is 2.72 bits per heavy atom. The Labute approximate surface area is 115 Å². The summed E-state index contributed by atoms with van der Waals surface area (Å²) in [5, 5.41) is 14.5. The molecule has 0 aliphatic heterocycles. The number of nitrogens with zero attached hydrogens (tertiary/aromatic N) is 1. The molecule has 0 amide bonds. The van der Waals surface area contributed by atoms with Gasteiger partial charge in [-0.1, -0.05) is 28.8 Å². The molecule has 1 N–H and O–H groups in total. The van der Waals surface area contributed by atoms with Gasteiger partial charge in [0.2, 0.25) is 0 Å². The maximum atomic E-state index is 11.0. The average molecular weight is 313 g/mol. The van der Waals surface area contributed by atoms with Crippen LogP contribution in [0.25, 0.3) is 0 Å². The average Bonchev–Trinajstić information content (AvgIpc) is 2.75. The zero-order valence-corrected chi connectivity index (χ0v) is 12.0. The van der Waals surface area contributed by atoms with Crippen LogP contribution in [-0.4, -0.2) is 10.5 Å². The van der Waals surface area contributed by atoms with Gasteiger partial charge in [0.1, 0.15) is 0 Å². The third kappa shape index (κ3) is 3.09. The van der Waals surface area contributed by atoms with Crippen molar-refractivity contribution in [2.24, 2.45) is 0 Å². The number of nitrogens with one attached hydrogen (secondary N) is 1. The number of benzene rings is 1. The molecule has 0 saturated heterocycles. The summed E-state index contributed by atoms with van der Waals surface area (Å²) in [6.07, 6.45) is 4.78. The summed E-state index contributed by atoms with van der Waals surface area (Å²) in [5.74, 6) is 0. The first-order chi connectivity index (χ1) is 8.50. The lowest BCUT2D eigenvalue weighted by atomic mass is 10.00. The fraction of sp³-hybridized carbons (Fsp3) is 0.538. The Kier molecular flexibility index (Phi) is 4.02. The van der Waals surface area contributed by atoms with E-state index < -0.39 is 0 Å². The third-order valence-electron chi connectivity index (χ3n) is 3.66. The Morgan fingerprint density at radius 1 is 1.44 bits per heavy atom. The van der Waals surface area contributed by atoms with Crippen molar-refractivity contribution in [1.29, 1.82) is 0 Å². The second-order valence-corrected chi connectivity index (χ2v) is 6.07. The van der Waals surface area contributed by atoms with E-state index in [2.05, 4.69) is 28.2 Å². The van der Waals surface area contributed by atoms with Crippen molar-refractivity contribution in [3.05, 3.63) is 38.3 Å². The van der Waals surface area contributed by atoms with E-state index in [0.29, 0.717) is 6.54 Å². The maximum absolute atomic E-state index is 11.0. The number of halogens is 1. The standard InChI is InChI=1S/C13H17BrN2O2/c1-13(6-2-3-7-13)15-9-10-4-5-11(14)8-12(10)16(17)18/h4-5,8,15H,2-3,6-7,9H2,1H3. The van der Waals surface area contributed by atoms with Gasteiger partial charge in [0, 0.05) is 28.2 Å². The molecule has 1 aliphatic carbocycles. The number of nitro groups is 1. The minimum absolute atomic E-state index is 0.140. The van der Waals surface area contributed by atoms with Crippen LogP contribution >= 0.6 is 15.9 Å². The molecule has 5 heteroatoms. The largest absolute Gasteiger partial charge is 0.307 e. The van der Waals surface area contributed by atoms with E-state index in [4.69, 9.17) is 0 Å². The first kappa shape index (κ1) is 13.5. The lowest BCUT2D eigenvalue weighted by molar-refractivity contribution is -0.385. The van der Waals surface area contributed by atoms with Crippen LogP contribution in [-0.2, 0) is 6.54 Å². The molecule has 1 saturated carbocycles. The number of rotatable bonds is 4. The van der Waals surface area contributed by atoms with Gasteiger partial charge in [0.05, 0.1) is 4.92 Å². The molecule has 1 aromatic carbocycles. The van der Waals surface area contributed by atoms with Crippen molar-refractivity contribution < 1.29 is 4.92 Å². The van der Waals surface area contributed by atoms with E-state index in [1.54, 1.807) is 6.07 Å². The zero-order valence-electron chi connectivity index (χ0n) is 10.4. The minimum atomic E-state index is -0.321. The fourth-order valence-corrected chi connectivity index (χ4v) is 2.85. The van der Waals surface area contributed by atoms with Crippen molar-refractivity contribution in [1.82, 2.24) is 5.32 Å². The summed E-state index contributed by atoms with van der Waals surface area (Å²) in [4.78, 5) is 10.7. The van der Waals surface area contributed by atoms with Crippen molar-refractivity contribution in [2.45, 2.75) is 44.7 Å². The molecule has 2 rings (SSSR count). The molecule has 0 unspecified atom stereocenters. The lowest BCUT2D eigenvalue weighted by Gasteiger charge is -2.25. The van der Waals surface area contributed by atoms with Crippen molar-refractivity contribution >= 4 is 21.6 Å². The van der Waals surface area contributed by atoms with Crippen molar-refractivity contribution in [3.8, 4) is 0 Å². The summed E-state index contributed by atoms with van der Waals surface area (Å²) < 4.78 is 0.741. The number of hydrogen-bond acceptors (Lipinski definition) is 3. The molecule has 0 heterocycles. The summed E-state index contributed by atoms with van der Waals surface area (Å²) >= 11 is 3.27. The topological polar surface area (TPSA) is 55.2 Å². The van der Waals surface area contributed by atoms with Crippen LogP contribution in [0.15, 0.2) is 22.7 Å². The van der Waals surface area contributed by atoms with Gasteiger partial charge in [-0.2, -0.15) is 0 Å². The minimum Gasteiger partial charge on any atom is -0.307 e. The van der Waals surface area contributed by atoms with Crippen LogP contribution in [0.2, 0.25) is 0 Å². The molecule has 1 fully saturated rings. The van der Waals surface area contributed by atoms with Gasteiger partial charge in [0.15, 0.2) is 0 Å². The molecule has 0 aromatic heterocycles. The molecule has 1 aromatic rings. The smallest absolute Gasteiger partial charge is 0.275 e. The zero-order chi connectivity index (χ0) is 13.2. The molecule has 0 atom stereocenters. The van der Waals surface area contributed by atoms with Crippen molar-refractivity contribution in [3.63, 3.8) is 0 Å². The van der Waals surface area contributed by atoms with Gasteiger partial charge in [-0.25, -0.2) is 0 Å². The van der Waals surface area contributed by atoms with Gasteiger partial charge in [-0.15, -0.1) is 0 Å². The normalized spacial score (nSPS) is 17.9. The summed E-state index contributed by atoms with van der Waals surface area (Å²) in [5.41, 5.74) is 1.07. The highest BCUT2D eigenvalue weighted by Gasteiger charge is 2.28. The first-order valence-electron chi connectivity index (χ1n) is 6.18. The predicted molar refractivity (Wildman–Crippen MR) is 74.5 cm³/mol. The monoisotopic (exact) mass is 312 g/mol. The van der Waals surface area contributed by atoms with E-state index in [1.807, 2.05) is 12.1 Å². The quantitative estimate of drug-likeness (QED) is 0.680. The molecule has 4 nitrogen and oxygen atoms in total. The SMILES string of the molecule is CC1(NCc2ccc(Br)cc2[N+](=O)[O-])CCCC1. The van der Waals surface area contributed by atoms with E-state index in [9.17, 15) is 10.1 Å². The molecule has 0 radical (unpaired) electrons. The van der Waals surface area contributed by atoms with E-state index in [1.165, 1.54) is 12.8 Å². The predicted octanol–water partition coefficient (Wildman–Crippen LogP) is 3.78. The Balaban J connectivity index is 2.11. The van der Waals surface area contributed by atoms with E-state index in [0.717, 1.165) is 22.9 Å². The highest BCUT2D eigenvalue weighted by Crippen LogP contribution is 2.30. The molecule has 98 valence electrons. The first-order valence-corrected chi connectivity index (χ1v) is 6.97. The molecule has 0 spiro atoms. The molecular formula is C13H17BrN2O2. The van der Waals surface area contributed by atoms with E-state index >= 15 is 0 Å². The summed E-state index contributed by atoms with van der Waals surface area (Å²) in [6, 6.07) is 5.22. The third-order valence-corrected chi connectivity index (χ3v) is 4.15. The highest BCUT2D eigenvalue weighted by atomic mass is 79.9. The molecule has 0 bridgehead atoms. The van der Waals surface area contributed by atoms with Crippen LogP contribution in [0.4, 0.5) is 5.69 Å². The lowest BCUT2D eigenvalue weighted by Crippen LogP contribution is -2.38. The van der Waals surface area contributed by atoms with Crippen LogP contribution < -0.4 is 5.32 Å². The summed E-state index contributed by atoms with van der Waals surface area (Å²) in [7, 11) is 0. The Bertz CT molecular complexity index is 456. The molecule has 1 aliphatic rings. The van der Waals surface area contributed by atoms with Gasteiger partial charge < -0.3 is 5.32 Å². The second-order valence-electron chi connectivity index (χ2n) is 5.15. The summed E-state index contributed by atoms with van der Waals surface area (Å²) in [6.45, 7) is 2.75. The molecular weight excluding hydrogens is 296 g/mol. The van der Waals surface area contributed by atoms with Crippen LogP contribution in [0.5, 0.6) is 0 Å². The maximum Gasteiger partial charge on any atom is 0.275 e. The van der Waals surface area contributed by atoms with Gasteiger partial charge in [0.25, 0.3) is 5.69 Å². The second kappa shape index (κ2) is 5.36. The number of nitro benzene ring substituents is 1. The van der Waals surface area contributed by atoms with Crippen LogP contribution in [0.1, 0.15) is 38.2 Å². The van der Waals surface area contributed by atoms with Gasteiger partial charge in [-0.3, -0.25) is 10.1 Å². The van der Waals surface area contributed by atoms with E-state index in [-0.39, 0.29) is 16.1 Å². The Hall–Kier alpha value is -0.940. The number of hydrogen-bond donors (Lipinski definition) is 1.